The lowest BCUT2D eigenvalue weighted by Crippen LogP contribution is -2.42. The molecule has 0 bridgehead atoms. The number of nitrogens with zero attached hydrogens (tertiary/aromatic N) is 1. The van der Waals surface area contributed by atoms with Crippen LogP contribution in [0.4, 0.5) is 5.69 Å². The van der Waals surface area contributed by atoms with Crippen LogP contribution >= 0.6 is 0 Å². The summed E-state index contributed by atoms with van der Waals surface area (Å²) in [6.45, 7) is 6.65. The zero-order valence-corrected chi connectivity index (χ0v) is 14.5. The fraction of sp³-hybridized carbons (Fsp3) is 0.526. The van der Waals surface area contributed by atoms with Gasteiger partial charge in [-0.05, 0) is 49.1 Å². The summed E-state index contributed by atoms with van der Waals surface area (Å²) in [5.41, 5.74) is 6.69. The van der Waals surface area contributed by atoms with Crippen LogP contribution in [0.3, 0.4) is 0 Å². The van der Waals surface area contributed by atoms with Crippen LogP contribution in [-0.2, 0) is 4.79 Å². The fourth-order valence-electron chi connectivity index (χ4n) is 3.90. The van der Waals surface area contributed by atoms with Gasteiger partial charge < -0.3 is 5.73 Å². The van der Waals surface area contributed by atoms with E-state index in [0.717, 1.165) is 30.6 Å². The smallest absolute Gasteiger partial charge is 0.270 e. The Kier molecular flexibility index (Phi) is 3.98. The van der Waals surface area contributed by atoms with E-state index < -0.39 is 11.8 Å². The lowest BCUT2D eigenvalue weighted by atomic mass is 9.69. The van der Waals surface area contributed by atoms with Crippen molar-refractivity contribution < 1.29 is 14.4 Å². The molecule has 1 aliphatic carbocycles. The number of fused-ring (bicyclic) bond motifs is 1. The molecule has 24 heavy (non-hydrogen) atoms. The number of imide groups is 3. The van der Waals surface area contributed by atoms with Gasteiger partial charge in [0.1, 0.15) is 0 Å². The van der Waals surface area contributed by atoms with Gasteiger partial charge in [0.25, 0.3) is 11.8 Å². The van der Waals surface area contributed by atoms with E-state index in [1.54, 1.807) is 18.2 Å². The predicted molar refractivity (Wildman–Crippen MR) is 91.3 cm³/mol. The molecule has 5 heteroatoms. The highest BCUT2D eigenvalue weighted by molar-refractivity contribution is 6.30. The number of carbonyl (C=O) groups excluding carboxylic acids is 3. The SMILES string of the molecule is CC(C)(C)C1CCC(C(=O)N2C(=O)c3cccc(N)c3C2=O)CC1. The van der Waals surface area contributed by atoms with Crippen LogP contribution in [-0.4, -0.2) is 22.6 Å². The standard InChI is InChI=1S/C19H24N2O3/c1-19(2,3)12-9-7-11(8-10-12)16(22)21-17(23)13-5-4-6-14(20)15(13)18(21)24/h4-6,11-12H,7-10,20H2,1-3H3. The molecule has 3 amide bonds. The van der Waals surface area contributed by atoms with Gasteiger partial charge in [0.05, 0.1) is 11.1 Å². The van der Waals surface area contributed by atoms with Crippen molar-refractivity contribution in [2.24, 2.45) is 17.3 Å². The summed E-state index contributed by atoms with van der Waals surface area (Å²) in [4.78, 5) is 38.6. The van der Waals surface area contributed by atoms with Crippen LogP contribution in [0, 0.1) is 17.3 Å². The van der Waals surface area contributed by atoms with Crippen LogP contribution in [0.2, 0.25) is 0 Å². The highest BCUT2D eigenvalue weighted by Crippen LogP contribution is 2.41. The molecule has 1 aromatic carbocycles. The molecule has 2 aliphatic rings. The molecule has 3 rings (SSSR count). The van der Waals surface area contributed by atoms with E-state index in [4.69, 9.17) is 5.73 Å². The molecule has 0 radical (unpaired) electrons. The maximum Gasteiger partial charge on any atom is 0.270 e. The molecular formula is C19H24N2O3. The molecule has 5 nitrogen and oxygen atoms in total. The van der Waals surface area contributed by atoms with Crippen molar-refractivity contribution in [1.29, 1.82) is 0 Å². The summed E-state index contributed by atoms with van der Waals surface area (Å²) in [5, 5.41) is 0. The Bertz CT molecular complexity index is 710. The molecule has 1 saturated carbocycles. The van der Waals surface area contributed by atoms with Gasteiger partial charge in [-0.25, -0.2) is 4.90 Å². The number of amides is 3. The summed E-state index contributed by atoms with van der Waals surface area (Å²) in [6, 6.07) is 4.75. The first-order valence-electron chi connectivity index (χ1n) is 8.53. The number of hydrogen-bond acceptors (Lipinski definition) is 4. The first-order chi connectivity index (χ1) is 11.2. The largest absolute Gasteiger partial charge is 0.398 e. The molecule has 0 atom stereocenters. The number of nitrogen functional groups attached to an aromatic ring is 1. The molecule has 128 valence electrons. The Hall–Kier alpha value is -2.17. The molecule has 0 aromatic heterocycles. The Labute approximate surface area is 142 Å². The lowest BCUT2D eigenvalue weighted by molar-refractivity contribution is -0.132. The minimum atomic E-state index is -0.573. The van der Waals surface area contributed by atoms with E-state index in [2.05, 4.69) is 20.8 Å². The molecule has 1 aromatic rings. The number of rotatable bonds is 1. The van der Waals surface area contributed by atoms with Gasteiger partial charge >= 0.3 is 0 Å². The van der Waals surface area contributed by atoms with Crippen LogP contribution in [0.5, 0.6) is 0 Å². The molecule has 1 fully saturated rings. The second-order valence-corrected chi connectivity index (χ2v) is 7.97. The number of nitrogens with two attached hydrogens (primary N) is 1. The van der Waals surface area contributed by atoms with Gasteiger partial charge in [-0.1, -0.05) is 26.8 Å². The zero-order chi connectivity index (χ0) is 17.6. The summed E-state index contributed by atoms with van der Waals surface area (Å²) in [5.74, 6) is -1.17. The van der Waals surface area contributed by atoms with Gasteiger partial charge in [-0.3, -0.25) is 14.4 Å². The van der Waals surface area contributed by atoms with Crippen molar-refractivity contribution in [1.82, 2.24) is 4.90 Å². The first kappa shape index (κ1) is 16.7. The molecule has 1 heterocycles. The molecule has 0 spiro atoms. The van der Waals surface area contributed by atoms with Crippen LogP contribution in [0.15, 0.2) is 18.2 Å². The quantitative estimate of drug-likeness (QED) is 0.634. The topological polar surface area (TPSA) is 80.5 Å². The van der Waals surface area contributed by atoms with Gasteiger partial charge in [-0.15, -0.1) is 0 Å². The number of hydrogen-bond donors (Lipinski definition) is 1. The minimum absolute atomic E-state index is 0.166. The molecule has 0 unspecified atom stereocenters. The number of benzene rings is 1. The van der Waals surface area contributed by atoms with Crippen molar-refractivity contribution in [3.05, 3.63) is 29.3 Å². The maximum atomic E-state index is 12.8. The lowest BCUT2D eigenvalue weighted by Gasteiger charge is -2.37. The van der Waals surface area contributed by atoms with Crippen molar-refractivity contribution in [3.8, 4) is 0 Å². The van der Waals surface area contributed by atoms with Gasteiger partial charge in [0.2, 0.25) is 5.91 Å². The summed E-state index contributed by atoms with van der Waals surface area (Å²) in [7, 11) is 0. The third kappa shape index (κ3) is 2.62. The molecular weight excluding hydrogens is 304 g/mol. The summed E-state index contributed by atoms with van der Waals surface area (Å²) >= 11 is 0. The van der Waals surface area contributed by atoms with E-state index in [1.807, 2.05) is 0 Å². The summed E-state index contributed by atoms with van der Waals surface area (Å²) in [6.07, 6.45) is 3.35. The third-order valence-corrected chi connectivity index (χ3v) is 5.47. The van der Waals surface area contributed by atoms with Crippen LogP contribution in [0.25, 0.3) is 0 Å². The van der Waals surface area contributed by atoms with Crippen molar-refractivity contribution in [2.75, 3.05) is 5.73 Å². The Morgan fingerprint density at radius 1 is 1.08 bits per heavy atom. The summed E-state index contributed by atoms with van der Waals surface area (Å²) < 4.78 is 0. The van der Waals surface area contributed by atoms with E-state index in [0.29, 0.717) is 5.92 Å². The van der Waals surface area contributed by atoms with Crippen molar-refractivity contribution in [2.45, 2.75) is 46.5 Å². The molecule has 0 saturated heterocycles. The van der Waals surface area contributed by atoms with Crippen LogP contribution < -0.4 is 5.73 Å². The monoisotopic (exact) mass is 328 g/mol. The first-order valence-corrected chi connectivity index (χ1v) is 8.53. The highest BCUT2D eigenvalue weighted by Gasteiger charge is 2.44. The van der Waals surface area contributed by atoms with Crippen molar-refractivity contribution in [3.63, 3.8) is 0 Å². The molecule has 1 aliphatic heterocycles. The Morgan fingerprint density at radius 2 is 1.71 bits per heavy atom. The maximum absolute atomic E-state index is 12.8. The van der Waals surface area contributed by atoms with Gasteiger partial charge in [0.15, 0.2) is 0 Å². The van der Waals surface area contributed by atoms with E-state index in [1.165, 1.54) is 0 Å². The predicted octanol–water partition coefficient (Wildman–Crippen LogP) is 3.24. The second-order valence-electron chi connectivity index (χ2n) is 7.97. The van der Waals surface area contributed by atoms with Crippen molar-refractivity contribution >= 4 is 23.4 Å². The average Bonchev–Trinajstić information content (AvgIpc) is 2.78. The normalized spacial score (nSPS) is 24.2. The fourth-order valence-corrected chi connectivity index (χ4v) is 3.90. The Morgan fingerprint density at radius 3 is 2.25 bits per heavy atom. The zero-order valence-electron chi connectivity index (χ0n) is 14.5. The minimum Gasteiger partial charge on any atom is -0.398 e. The highest BCUT2D eigenvalue weighted by atomic mass is 16.2. The number of carbonyl (C=O) groups is 3. The Balaban J connectivity index is 1.77. The van der Waals surface area contributed by atoms with Gasteiger partial charge in [-0.2, -0.15) is 0 Å². The molecule has 2 N–H and O–H groups in total. The van der Waals surface area contributed by atoms with E-state index in [9.17, 15) is 14.4 Å². The second kappa shape index (κ2) is 5.72. The van der Waals surface area contributed by atoms with E-state index >= 15 is 0 Å². The third-order valence-electron chi connectivity index (χ3n) is 5.47. The number of anilines is 1. The van der Waals surface area contributed by atoms with Crippen LogP contribution in [0.1, 0.15) is 67.2 Å². The van der Waals surface area contributed by atoms with E-state index in [-0.39, 0.29) is 34.1 Å². The van der Waals surface area contributed by atoms with Gasteiger partial charge in [0, 0.05) is 11.6 Å². The average molecular weight is 328 g/mol.